The Kier molecular flexibility index (Phi) is 8.16. The highest BCUT2D eigenvalue weighted by atomic mass is 19.3. The molecule has 188 valence electrons. The minimum Gasteiger partial charge on any atom is -0.496 e. The smallest absolute Gasteiger partial charge is 0.266 e. The van der Waals surface area contributed by atoms with Crippen molar-refractivity contribution in [1.29, 1.82) is 0 Å². The van der Waals surface area contributed by atoms with Crippen molar-refractivity contribution in [2.24, 2.45) is 0 Å². The Balaban J connectivity index is 2.01. The lowest BCUT2D eigenvalue weighted by Gasteiger charge is -2.22. The number of halogens is 3. The lowest BCUT2D eigenvalue weighted by molar-refractivity contribution is 0.0783. The molecule has 1 unspecified atom stereocenters. The fraction of sp³-hybridized carbons (Fsp3) is 0.400. The zero-order chi connectivity index (χ0) is 25.9. The van der Waals surface area contributed by atoms with Crippen LogP contribution in [-0.4, -0.2) is 67.0 Å². The molecule has 3 rings (SSSR count). The number of aryl methyl sites for hydroxylation is 1. The van der Waals surface area contributed by atoms with Gasteiger partial charge in [0.15, 0.2) is 0 Å². The number of rotatable bonds is 9. The topological polar surface area (TPSA) is 70.6 Å². The molecule has 10 heteroatoms. The van der Waals surface area contributed by atoms with Gasteiger partial charge in [0.25, 0.3) is 12.3 Å². The van der Waals surface area contributed by atoms with Crippen LogP contribution in [0.3, 0.4) is 0 Å². The molecule has 0 radical (unpaired) electrons. The molecule has 0 bridgehead atoms. The second kappa shape index (κ2) is 10.9. The maximum Gasteiger partial charge on any atom is 0.266 e. The van der Waals surface area contributed by atoms with Gasteiger partial charge in [-0.15, -0.1) is 0 Å². The van der Waals surface area contributed by atoms with E-state index in [2.05, 4.69) is 15.3 Å². The van der Waals surface area contributed by atoms with Gasteiger partial charge in [-0.05, 0) is 40.1 Å². The molecule has 0 aliphatic carbocycles. The van der Waals surface area contributed by atoms with Gasteiger partial charge in [-0.3, -0.25) is 4.79 Å². The molecule has 0 spiro atoms. The number of hydrogen-bond acceptors (Lipinski definition) is 6. The van der Waals surface area contributed by atoms with Crippen molar-refractivity contribution in [3.05, 3.63) is 58.7 Å². The number of carbonyl (C=O) groups excluding carboxylic acids is 1. The van der Waals surface area contributed by atoms with Gasteiger partial charge in [0.2, 0.25) is 0 Å². The number of nitrogens with one attached hydrogen (secondary N) is 1. The van der Waals surface area contributed by atoms with Crippen LogP contribution in [-0.2, 0) is 0 Å². The van der Waals surface area contributed by atoms with Crippen molar-refractivity contribution in [1.82, 2.24) is 19.8 Å². The van der Waals surface area contributed by atoms with Crippen molar-refractivity contribution >= 4 is 22.6 Å². The molecule has 35 heavy (non-hydrogen) atoms. The number of carbonyl (C=O) groups is 1. The van der Waals surface area contributed by atoms with Crippen molar-refractivity contribution in [3.8, 4) is 5.75 Å². The van der Waals surface area contributed by atoms with E-state index in [4.69, 9.17) is 4.74 Å². The Bertz CT molecular complexity index is 1220. The quantitative estimate of drug-likeness (QED) is 0.464. The van der Waals surface area contributed by atoms with E-state index in [9.17, 15) is 18.0 Å². The second-order valence-corrected chi connectivity index (χ2v) is 8.64. The van der Waals surface area contributed by atoms with Crippen molar-refractivity contribution in [2.75, 3.05) is 46.7 Å². The van der Waals surface area contributed by atoms with E-state index in [0.717, 1.165) is 6.07 Å². The Morgan fingerprint density at radius 3 is 2.43 bits per heavy atom. The molecule has 1 heterocycles. The number of likely N-dealkylation sites (N-methyl/N-ethyl adjacent to an activating group) is 2. The third kappa shape index (κ3) is 5.82. The average molecular weight is 490 g/mol. The number of benzene rings is 2. The van der Waals surface area contributed by atoms with Crippen LogP contribution in [0.2, 0.25) is 0 Å². The summed E-state index contributed by atoms with van der Waals surface area (Å²) in [7, 11) is 7.05. The standard InChI is InChI=1S/C25H30F3N5O2/c1-14(16-8-7-9-17(22(16)26)23(27)28)29-24-18-13-21(35-6)19(12-20(18)30-15(2)31-24)25(34)33(5)11-10-32(3)4/h7-9,12-14,23H,10-11H2,1-6H3,(H,29,30,31). The van der Waals surface area contributed by atoms with Gasteiger partial charge in [0.05, 0.1) is 29.8 Å². The average Bonchev–Trinajstić information content (AvgIpc) is 2.80. The highest BCUT2D eigenvalue weighted by molar-refractivity contribution is 6.02. The van der Waals surface area contributed by atoms with Crippen LogP contribution in [0.15, 0.2) is 30.3 Å². The Morgan fingerprint density at radius 1 is 1.11 bits per heavy atom. The molecule has 1 N–H and O–H groups in total. The molecule has 0 saturated heterocycles. The summed E-state index contributed by atoms with van der Waals surface area (Å²) in [5, 5.41) is 3.67. The first-order valence-electron chi connectivity index (χ1n) is 11.1. The first-order chi connectivity index (χ1) is 16.5. The number of ether oxygens (including phenoxy) is 1. The van der Waals surface area contributed by atoms with Crippen LogP contribution in [0.25, 0.3) is 10.9 Å². The minimum absolute atomic E-state index is 0.0912. The van der Waals surface area contributed by atoms with Crippen LogP contribution in [0.5, 0.6) is 5.75 Å². The Labute approximate surface area is 202 Å². The van der Waals surface area contributed by atoms with Gasteiger partial charge in [0.1, 0.15) is 23.2 Å². The molecule has 3 aromatic rings. The number of methoxy groups -OCH3 is 1. The van der Waals surface area contributed by atoms with E-state index >= 15 is 0 Å². The molecule has 1 amide bonds. The predicted octanol–water partition coefficient (Wildman–Crippen LogP) is 4.83. The number of hydrogen-bond donors (Lipinski definition) is 1. The maximum absolute atomic E-state index is 14.7. The normalized spacial score (nSPS) is 12.3. The summed E-state index contributed by atoms with van der Waals surface area (Å²) in [6, 6.07) is 6.55. The molecule has 0 aliphatic heterocycles. The van der Waals surface area contributed by atoms with Gasteiger partial charge in [-0.2, -0.15) is 0 Å². The summed E-state index contributed by atoms with van der Waals surface area (Å²) in [5.74, 6) is -0.0219. The largest absolute Gasteiger partial charge is 0.496 e. The van der Waals surface area contributed by atoms with Crippen molar-refractivity contribution in [3.63, 3.8) is 0 Å². The van der Waals surface area contributed by atoms with E-state index in [-0.39, 0.29) is 11.5 Å². The van der Waals surface area contributed by atoms with Crippen molar-refractivity contribution in [2.45, 2.75) is 26.3 Å². The highest BCUT2D eigenvalue weighted by Crippen LogP contribution is 2.33. The molecule has 2 aromatic carbocycles. The van der Waals surface area contributed by atoms with Crippen LogP contribution in [0.4, 0.5) is 19.0 Å². The van der Waals surface area contributed by atoms with Crippen LogP contribution >= 0.6 is 0 Å². The lowest BCUT2D eigenvalue weighted by atomic mass is 10.0. The number of fused-ring (bicyclic) bond motifs is 1. The first-order valence-corrected chi connectivity index (χ1v) is 11.1. The number of anilines is 1. The monoisotopic (exact) mass is 489 g/mol. The van der Waals surface area contributed by atoms with Crippen molar-refractivity contribution < 1.29 is 22.7 Å². The van der Waals surface area contributed by atoms with Crippen LogP contribution in [0.1, 0.15) is 46.7 Å². The molecule has 1 aromatic heterocycles. The van der Waals surface area contributed by atoms with Gasteiger partial charge >= 0.3 is 0 Å². The third-order valence-corrected chi connectivity index (χ3v) is 5.70. The van der Waals surface area contributed by atoms with E-state index < -0.39 is 23.8 Å². The van der Waals surface area contributed by atoms with E-state index in [0.29, 0.717) is 46.9 Å². The summed E-state index contributed by atoms with van der Waals surface area (Å²) in [6.45, 7) is 4.59. The molecular formula is C25H30F3N5O2. The van der Waals surface area contributed by atoms with E-state index in [1.807, 2.05) is 19.0 Å². The summed E-state index contributed by atoms with van der Waals surface area (Å²) in [4.78, 5) is 25.6. The van der Waals surface area contributed by atoms with Gasteiger partial charge in [-0.25, -0.2) is 23.1 Å². The summed E-state index contributed by atoms with van der Waals surface area (Å²) in [5.41, 5.74) is 0.296. The predicted molar refractivity (Wildman–Crippen MR) is 130 cm³/mol. The SMILES string of the molecule is COc1cc2c(NC(C)c3cccc(C(F)F)c3F)nc(C)nc2cc1C(=O)N(C)CCN(C)C. The summed E-state index contributed by atoms with van der Waals surface area (Å²) in [6.07, 6.45) is -2.92. The fourth-order valence-electron chi connectivity index (χ4n) is 3.73. The number of amides is 1. The number of alkyl halides is 2. The van der Waals surface area contributed by atoms with E-state index in [1.54, 1.807) is 37.9 Å². The van der Waals surface area contributed by atoms with Crippen LogP contribution < -0.4 is 10.1 Å². The number of aromatic nitrogens is 2. The van der Waals surface area contributed by atoms with E-state index in [1.165, 1.54) is 19.2 Å². The highest BCUT2D eigenvalue weighted by Gasteiger charge is 2.22. The molecule has 0 aliphatic rings. The summed E-state index contributed by atoms with van der Waals surface area (Å²) < 4.78 is 46.5. The second-order valence-electron chi connectivity index (χ2n) is 8.64. The van der Waals surface area contributed by atoms with Gasteiger partial charge in [0, 0.05) is 31.1 Å². The number of nitrogens with zero attached hydrogens (tertiary/aromatic N) is 4. The van der Waals surface area contributed by atoms with Crippen LogP contribution in [0, 0.1) is 12.7 Å². The molecule has 7 nitrogen and oxygen atoms in total. The summed E-state index contributed by atoms with van der Waals surface area (Å²) >= 11 is 0. The Morgan fingerprint density at radius 2 is 1.80 bits per heavy atom. The van der Waals surface area contributed by atoms with Gasteiger partial charge in [-0.1, -0.05) is 18.2 Å². The lowest BCUT2D eigenvalue weighted by Crippen LogP contribution is -2.33. The molecule has 0 fully saturated rings. The molecular weight excluding hydrogens is 459 g/mol. The van der Waals surface area contributed by atoms with Gasteiger partial charge < -0.3 is 19.9 Å². The molecule has 0 saturated carbocycles. The third-order valence-electron chi connectivity index (χ3n) is 5.70. The zero-order valence-corrected chi connectivity index (χ0v) is 20.7. The minimum atomic E-state index is -2.92. The zero-order valence-electron chi connectivity index (χ0n) is 20.7. The first kappa shape index (κ1) is 26.2. The Hall–Kier alpha value is -3.40. The fourth-order valence-corrected chi connectivity index (χ4v) is 3.73. The molecule has 1 atom stereocenters. The maximum atomic E-state index is 14.7.